The zero-order valence-corrected chi connectivity index (χ0v) is 22.2. The third kappa shape index (κ3) is 4.46. The molecular formula is C24H33BrMgOSi. The monoisotopic (exact) mass is 468 g/mol. The van der Waals surface area contributed by atoms with Crippen molar-refractivity contribution in [2.24, 2.45) is 16.2 Å². The van der Waals surface area contributed by atoms with E-state index in [1.807, 2.05) is 0 Å². The molecule has 1 nitrogen and oxygen atoms in total. The van der Waals surface area contributed by atoms with Gasteiger partial charge in [-0.3, -0.25) is 0 Å². The average Bonchev–Trinajstić information content (AvgIpc) is 2.53. The Hall–Kier alpha value is -0.137. The SMILES string of the molecule is CC1(C)C=CC=CC1[Si]([O-])(C1C=CC=CC1(C)C)C1C=CC=CC1(C)C.[Br-].[Mg+2]. The zero-order valence-electron chi connectivity index (χ0n) is 18.2. The van der Waals surface area contributed by atoms with Crippen molar-refractivity contribution in [2.45, 2.75) is 58.2 Å². The molecule has 0 saturated heterocycles. The Labute approximate surface area is 199 Å². The number of allylic oxidation sites excluding steroid dienone is 12. The minimum absolute atomic E-state index is 0. The van der Waals surface area contributed by atoms with Gasteiger partial charge >= 0.3 is 23.1 Å². The maximum Gasteiger partial charge on any atom is 2.00 e. The van der Waals surface area contributed by atoms with Crippen molar-refractivity contribution in [2.75, 3.05) is 0 Å². The summed E-state index contributed by atoms with van der Waals surface area (Å²) in [6, 6.07) is 0. The maximum atomic E-state index is 15.3. The topological polar surface area (TPSA) is 23.1 Å². The van der Waals surface area contributed by atoms with Crippen LogP contribution in [0.15, 0.2) is 72.9 Å². The summed E-state index contributed by atoms with van der Waals surface area (Å²) in [5, 5.41) is 0. The molecule has 3 unspecified atom stereocenters. The first kappa shape index (κ1) is 25.9. The number of hydrogen-bond acceptors (Lipinski definition) is 1. The molecule has 0 aliphatic heterocycles. The van der Waals surface area contributed by atoms with E-state index < -0.39 is 8.32 Å². The molecule has 0 aromatic carbocycles. The molecule has 0 spiro atoms. The van der Waals surface area contributed by atoms with E-state index in [2.05, 4.69) is 114 Å². The third-order valence-electron chi connectivity index (χ3n) is 6.68. The van der Waals surface area contributed by atoms with Crippen molar-refractivity contribution in [1.29, 1.82) is 0 Å². The van der Waals surface area contributed by atoms with E-state index in [9.17, 15) is 0 Å². The summed E-state index contributed by atoms with van der Waals surface area (Å²) in [5.74, 6) is 0. The van der Waals surface area contributed by atoms with Gasteiger partial charge in [0.1, 0.15) is 0 Å². The second-order valence-electron chi connectivity index (χ2n) is 9.98. The van der Waals surface area contributed by atoms with Gasteiger partial charge in [0.2, 0.25) is 0 Å². The fourth-order valence-electron chi connectivity index (χ4n) is 5.27. The molecule has 0 aromatic heterocycles. The Morgan fingerprint density at radius 1 is 0.571 bits per heavy atom. The predicted molar refractivity (Wildman–Crippen MR) is 119 cm³/mol. The quantitative estimate of drug-likeness (QED) is 0.583. The van der Waals surface area contributed by atoms with Crippen LogP contribution in [0.3, 0.4) is 0 Å². The molecule has 0 amide bonds. The van der Waals surface area contributed by atoms with E-state index in [1.54, 1.807) is 0 Å². The van der Waals surface area contributed by atoms with Gasteiger partial charge in [-0.2, -0.15) is 0 Å². The Kier molecular flexibility index (Phi) is 8.26. The van der Waals surface area contributed by atoms with Crippen molar-refractivity contribution in [3.05, 3.63) is 72.9 Å². The van der Waals surface area contributed by atoms with Gasteiger partial charge in [-0.1, -0.05) is 114 Å². The van der Waals surface area contributed by atoms with Crippen LogP contribution in [-0.4, -0.2) is 31.4 Å². The van der Waals surface area contributed by atoms with E-state index in [0.717, 1.165) is 0 Å². The van der Waals surface area contributed by atoms with Crippen LogP contribution >= 0.6 is 0 Å². The predicted octanol–water partition coefficient (Wildman–Crippen LogP) is 2.48. The summed E-state index contributed by atoms with van der Waals surface area (Å²) in [5.41, 5.74) is -0.168. The number of halogens is 1. The van der Waals surface area contributed by atoms with Crippen molar-refractivity contribution >= 4 is 31.4 Å². The van der Waals surface area contributed by atoms with Crippen LogP contribution in [-0.2, 0) is 0 Å². The molecule has 3 aliphatic carbocycles. The molecule has 28 heavy (non-hydrogen) atoms. The molecule has 0 aromatic rings. The van der Waals surface area contributed by atoms with Crippen molar-refractivity contribution < 1.29 is 21.8 Å². The second kappa shape index (κ2) is 8.93. The Morgan fingerprint density at radius 2 is 0.821 bits per heavy atom. The molecule has 3 rings (SSSR count). The zero-order chi connectivity index (χ0) is 19.2. The molecule has 0 N–H and O–H groups in total. The normalized spacial score (nSPS) is 32.9. The third-order valence-corrected chi connectivity index (χ3v) is 12.4. The largest absolute Gasteiger partial charge is 2.00 e. The van der Waals surface area contributed by atoms with E-state index in [0.29, 0.717) is 0 Å². The number of hydrogen-bond donors (Lipinski definition) is 0. The average molecular weight is 470 g/mol. The Balaban J connectivity index is 0.00000196. The second-order valence-corrected chi connectivity index (χ2v) is 13.6. The van der Waals surface area contributed by atoms with Crippen molar-refractivity contribution in [3.8, 4) is 0 Å². The molecule has 0 fully saturated rings. The first-order valence-electron chi connectivity index (χ1n) is 9.80. The summed E-state index contributed by atoms with van der Waals surface area (Å²) in [6.45, 7) is 13.4. The van der Waals surface area contributed by atoms with Gasteiger partial charge in [-0.25, -0.2) is 0 Å². The standard InChI is InChI=1S/C24H33OSi.BrH.Mg/c1-22(2)16-10-7-13-19(22)26(25,20-14-8-11-17-23(20,3)4)21-15-9-12-18-24(21,5)6;;/h7-21H,1-6H3;1H;/q-1;;+2/p-1. The van der Waals surface area contributed by atoms with Gasteiger partial charge in [0.15, 0.2) is 0 Å². The molecule has 0 heterocycles. The molecule has 3 atom stereocenters. The minimum atomic E-state index is -3.12. The Morgan fingerprint density at radius 3 is 1.04 bits per heavy atom. The van der Waals surface area contributed by atoms with Crippen LogP contribution < -0.4 is 21.8 Å². The summed E-state index contributed by atoms with van der Waals surface area (Å²) in [6.07, 6.45) is 26.0. The fraction of sp³-hybridized carbons (Fsp3) is 0.500. The van der Waals surface area contributed by atoms with Gasteiger partial charge in [0.25, 0.3) is 0 Å². The van der Waals surface area contributed by atoms with Crippen molar-refractivity contribution in [1.82, 2.24) is 0 Å². The summed E-state index contributed by atoms with van der Waals surface area (Å²) in [4.78, 5) is 15.3. The van der Waals surface area contributed by atoms with E-state index in [1.165, 1.54) is 0 Å². The summed E-state index contributed by atoms with van der Waals surface area (Å²) >= 11 is 0. The van der Waals surface area contributed by atoms with Gasteiger partial charge in [0.05, 0.1) is 0 Å². The summed E-state index contributed by atoms with van der Waals surface area (Å²) in [7, 11) is -3.12. The minimum Gasteiger partial charge on any atom is -1.00 e. The van der Waals surface area contributed by atoms with Gasteiger partial charge in [-0.05, 0) is 41.2 Å². The van der Waals surface area contributed by atoms with E-state index in [-0.39, 0.29) is 72.9 Å². The maximum absolute atomic E-state index is 15.3. The molecule has 148 valence electrons. The molecule has 0 bridgehead atoms. The van der Waals surface area contributed by atoms with Crippen LogP contribution in [0.4, 0.5) is 0 Å². The van der Waals surface area contributed by atoms with Crippen LogP contribution in [0.1, 0.15) is 41.5 Å². The molecule has 0 radical (unpaired) electrons. The smallest absolute Gasteiger partial charge is 1.00 e. The van der Waals surface area contributed by atoms with Crippen LogP contribution in [0.25, 0.3) is 0 Å². The fourth-order valence-corrected chi connectivity index (χ4v) is 11.4. The molecular weight excluding hydrogens is 437 g/mol. The van der Waals surface area contributed by atoms with Crippen molar-refractivity contribution in [3.63, 3.8) is 0 Å². The van der Waals surface area contributed by atoms with E-state index in [4.69, 9.17) is 0 Å². The molecule has 3 aliphatic rings. The van der Waals surface area contributed by atoms with Gasteiger partial charge < -0.3 is 21.8 Å². The van der Waals surface area contributed by atoms with Crippen LogP contribution in [0, 0.1) is 16.2 Å². The van der Waals surface area contributed by atoms with E-state index >= 15 is 4.80 Å². The van der Waals surface area contributed by atoms with Crippen LogP contribution in [0.5, 0.6) is 0 Å². The van der Waals surface area contributed by atoms with Gasteiger partial charge in [-0.15, -0.1) is 0 Å². The molecule has 4 heteroatoms. The summed E-state index contributed by atoms with van der Waals surface area (Å²) < 4.78 is 0. The van der Waals surface area contributed by atoms with Gasteiger partial charge in [0, 0.05) is 0 Å². The molecule has 0 saturated carbocycles. The Bertz CT molecular complexity index is 642. The first-order valence-corrected chi connectivity index (χ1v) is 11.9. The van der Waals surface area contributed by atoms with Crippen LogP contribution in [0.2, 0.25) is 16.6 Å². The first-order chi connectivity index (χ1) is 12.0. The number of rotatable bonds is 3.